The van der Waals surface area contributed by atoms with Gasteiger partial charge in [-0.05, 0) is 43.4 Å². The molecule has 1 saturated carbocycles. The van der Waals surface area contributed by atoms with Gasteiger partial charge in [-0.2, -0.15) is 0 Å². The van der Waals surface area contributed by atoms with Gasteiger partial charge < -0.3 is 5.32 Å². The molecule has 0 bridgehead atoms. The van der Waals surface area contributed by atoms with Crippen molar-refractivity contribution < 1.29 is 9.59 Å². The van der Waals surface area contributed by atoms with Crippen molar-refractivity contribution in [2.24, 2.45) is 11.8 Å². The summed E-state index contributed by atoms with van der Waals surface area (Å²) in [5.74, 6) is 1.92. The smallest absolute Gasteiger partial charge is 0.227 e. The van der Waals surface area contributed by atoms with Gasteiger partial charge >= 0.3 is 0 Å². The highest BCUT2D eigenvalue weighted by atomic mass is 32.2. The van der Waals surface area contributed by atoms with Crippen molar-refractivity contribution in [3.05, 3.63) is 29.3 Å². The topological polar surface area (TPSA) is 46.2 Å². The van der Waals surface area contributed by atoms with E-state index >= 15 is 0 Å². The molecule has 1 heterocycles. The van der Waals surface area contributed by atoms with Crippen LogP contribution in [-0.2, 0) is 4.79 Å². The maximum atomic E-state index is 12.8. The van der Waals surface area contributed by atoms with E-state index in [0.29, 0.717) is 11.7 Å². The first-order chi connectivity index (χ1) is 10.6. The van der Waals surface area contributed by atoms with Gasteiger partial charge in [-0.3, -0.25) is 9.59 Å². The van der Waals surface area contributed by atoms with Crippen molar-refractivity contribution in [1.82, 2.24) is 5.32 Å². The molecule has 0 saturated heterocycles. The highest BCUT2D eigenvalue weighted by Crippen LogP contribution is 2.42. The van der Waals surface area contributed by atoms with E-state index < -0.39 is 0 Å². The minimum absolute atomic E-state index is 0.0126. The second-order valence-electron chi connectivity index (χ2n) is 6.42. The van der Waals surface area contributed by atoms with Gasteiger partial charge in [0.05, 0.1) is 5.92 Å². The molecule has 0 spiro atoms. The molecule has 1 aromatic carbocycles. The SMILES string of the molecule is CNC(=O)C(C)c1ccc2c(c1)SC[C@H]1CCCC[C@@H]1C2=O. The van der Waals surface area contributed by atoms with Crippen molar-refractivity contribution in [3.8, 4) is 0 Å². The van der Waals surface area contributed by atoms with Gasteiger partial charge in [0, 0.05) is 29.2 Å². The fourth-order valence-electron chi connectivity index (χ4n) is 3.65. The Morgan fingerprint density at radius 2 is 2.09 bits per heavy atom. The minimum Gasteiger partial charge on any atom is -0.359 e. The number of thioether (sulfide) groups is 1. The Balaban J connectivity index is 1.92. The minimum atomic E-state index is -0.184. The van der Waals surface area contributed by atoms with Gasteiger partial charge in [-0.15, -0.1) is 11.8 Å². The molecule has 1 aliphatic carbocycles. The van der Waals surface area contributed by atoms with Gasteiger partial charge in [0.15, 0.2) is 5.78 Å². The van der Waals surface area contributed by atoms with Gasteiger partial charge in [-0.1, -0.05) is 18.9 Å². The van der Waals surface area contributed by atoms with Crippen LogP contribution in [-0.4, -0.2) is 24.5 Å². The molecule has 1 aliphatic heterocycles. The average molecular weight is 317 g/mol. The molecular formula is C18H23NO2S. The zero-order valence-electron chi connectivity index (χ0n) is 13.2. The van der Waals surface area contributed by atoms with Crippen molar-refractivity contribution in [1.29, 1.82) is 0 Å². The number of amides is 1. The van der Waals surface area contributed by atoms with Crippen LogP contribution in [0.25, 0.3) is 0 Å². The van der Waals surface area contributed by atoms with Crippen LogP contribution in [0.3, 0.4) is 0 Å². The number of Topliss-reactive ketones (excluding diaryl/α,β-unsaturated/α-hetero) is 1. The van der Waals surface area contributed by atoms with E-state index in [1.165, 1.54) is 19.3 Å². The summed E-state index contributed by atoms with van der Waals surface area (Å²) in [6, 6.07) is 5.94. The summed E-state index contributed by atoms with van der Waals surface area (Å²) >= 11 is 1.80. The van der Waals surface area contributed by atoms with Crippen LogP contribution in [0.4, 0.5) is 0 Å². The van der Waals surface area contributed by atoms with Crippen molar-refractivity contribution >= 4 is 23.5 Å². The first-order valence-corrected chi connectivity index (χ1v) is 9.13. The number of carbonyl (C=O) groups is 2. The fraction of sp³-hybridized carbons (Fsp3) is 0.556. The molecule has 2 aliphatic rings. The number of benzene rings is 1. The lowest BCUT2D eigenvalue weighted by Crippen LogP contribution is -2.27. The van der Waals surface area contributed by atoms with E-state index in [9.17, 15) is 9.59 Å². The van der Waals surface area contributed by atoms with Crippen LogP contribution in [0.5, 0.6) is 0 Å². The summed E-state index contributed by atoms with van der Waals surface area (Å²) in [7, 11) is 1.66. The quantitative estimate of drug-likeness (QED) is 0.906. The second kappa shape index (κ2) is 6.45. The Morgan fingerprint density at radius 3 is 2.86 bits per heavy atom. The van der Waals surface area contributed by atoms with E-state index in [-0.39, 0.29) is 17.7 Å². The lowest BCUT2D eigenvalue weighted by molar-refractivity contribution is -0.121. The van der Waals surface area contributed by atoms with Crippen molar-refractivity contribution in [3.63, 3.8) is 0 Å². The van der Waals surface area contributed by atoms with Gasteiger partial charge in [-0.25, -0.2) is 0 Å². The molecule has 3 nitrogen and oxygen atoms in total. The molecule has 3 rings (SSSR count). The van der Waals surface area contributed by atoms with Gasteiger partial charge in [0.25, 0.3) is 0 Å². The molecule has 22 heavy (non-hydrogen) atoms. The number of likely N-dealkylation sites (N-methyl/N-ethyl adjacent to an activating group) is 1. The van der Waals surface area contributed by atoms with Crippen molar-refractivity contribution in [2.75, 3.05) is 12.8 Å². The average Bonchev–Trinajstić information content (AvgIpc) is 2.71. The van der Waals surface area contributed by atoms with Gasteiger partial charge in [0.1, 0.15) is 0 Å². The van der Waals surface area contributed by atoms with E-state index in [1.54, 1.807) is 18.8 Å². The zero-order valence-corrected chi connectivity index (χ0v) is 14.0. The van der Waals surface area contributed by atoms with E-state index in [4.69, 9.17) is 0 Å². The third kappa shape index (κ3) is 2.81. The molecule has 1 fully saturated rings. The number of ketones is 1. The standard InChI is InChI=1S/C18H23NO2S/c1-11(18(21)19-2)12-7-8-15-16(9-12)22-10-13-5-3-4-6-14(13)17(15)20/h7-9,11,13-14H,3-6,10H2,1-2H3,(H,19,21)/t11?,13-,14+/m1/s1. The number of hydrogen-bond donors (Lipinski definition) is 1. The molecular weight excluding hydrogens is 294 g/mol. The Bertz CT molecular complexity index is 599. The number of carbonyl (C=O) groups excluding carboxylic acids is 2. The number of hydrogen-bond acceptors (Lipinski definition) is 3. The van der Waals surface area contributed by atoms with Gasteiger partial charge in [0.2, 0.25) is 5.91 Å². The molecule has 118 valence electrons. The molecule has 1 amide bonds. The molecule has 1 N–H and O–H groups in total. The Kier molecular flexibility index (Phi) is 4.57. The molecule has 0 radical (unpaired) electrons. The Hall–Kier alpha value is -1.29. The number of rotatable bonds is 2. The van der Waals surface area contributed by atoms with E-state index in [1.807, 2.05) is 19.1 Å². The lowest BCUT2D eigenvalue weighted by atomic mass is 9.76. The first-order valence-electron chi connectivity index (χ1n) is 8.14. The van der Waals surface area contributed by atoms with Crippen LogP contribution in [0.1, 0.15) is 54.4 Å². The van der Waals surface area contributed by atoms with Crippen LogP contribution in [0, 0.1) is 11.8 Å². The monoisotopic (exact) mass is 317 g/mol. The van der Waals surface area contributed by atoms with Crippen LogP contribution in [0.2, 0.25) is 0 Å². The lowest BCUT2D eigenvalue weighted by Gasteiger charge is -2.28. The third-order valence-electron chi connectivity index (χ3n) is 5.11. The second-order valence-corrected chi connectivity index (χ2v) is 7.48. The Morgan fingerprint density at radius 1 is 1.32 bits per heavy atom. The van der Waals surface area contributed by atoms with Crippen LogP contribution < -0.4 is 5.32 Å². The van der Waals surface area contributed by atoms with E-state index in [2.05, 4.69) is 11.4 Å². The maximum absolute atomic E-state index is 12.8. The summed E-state index contributed by atoms with van der Waals surface area (Å²) in [6.07, 6.45) is 4.65. The fourth-order valence-corrected chi connectivity index (χ4v) is 4.98. The van der Waals surface area contributed by atoms with Crippen LogP contribution in [0.15, 0.2) is 23.1 Å². The zero-order chi connectivity index (χ0) is 15.7. The highest BCUT2D eigenvalue weighted by molar-refractivity contribution is 7.99. The van der Waals surface area contributed by atoms with Crippen molar-refractivity contribution in [2.45, 2.75) is 43.4 Å². The summed E-state index contributed by atoms with van der Waals surface area (Å²) in [4.78, 5) is 25.7. The summed E-state index contributed by atoms with van der Waals surface area (Å²) in [6.45, 7) is 1.91. The molecule has 0 aromatic heterocycles. The van der Waals surface area contributed by atoms with Crippen LogP contribution >= 0.6 is 11.8 Å². The predicted molar refractivity (Wildman–Crippen MR) is 89.4 cm³/mol. The molecule has 1 unspecified atom stereocenters. The Labute approximate surface area is 136 Å². The third-order valence-corrected chi connectivity index (χ3v) is 6.35. The summed E-state index contributed by atoms with van der Waals surface area (Å²) in [5.41, 5.74) is 1.86. The maximum Gasteiger partial charge on any atom is 0.227 e. The predicted octanol–water partition coefficient (Wildman–Crippen LogP) is 3.63. The normalized spacial score (nSPS) is 25.6. The number of nitrogens with one attached hydrogen (secondary N) is 1. The van der Waals surface area contributed by atoms with E-state index in [0.717, 1.165) is 28.2 Å². The largest absolute Gasteiger partial charge is 0.359 e. The first kappa shape index (κ1) is 15.6. The molecule has 1 aromatic rings. The summed E-state index contributed by atoms with van der Waals surface area (Å²) in [5, 5.41) is 2.69. The molecule has 4 heteroatoms. The number of fused-ring (bicyclic) bond motifs is 2. The summed E-state index contributed by atoms with van der Waals surface area (Å²) < 4.78 is 0. The molecule has 3 atom stereocenters. The highest BCUT2D eigenvalue weighted by Gasteiger charge is 2.35.